The van der Waals surface area contributed by atoms with Gasteiger partial charge in [0.1, 0.15) is 0 Å². The van der Waals surface area contributed by atoms with Gasteiger partial charge in [-0.25, -0.2) is 0 Å². The van der Waals surface area contributed by atoms with Crippen molar-refractivity contribution in [3.8, 4) is 0 Å². The molecule has 5 heteroatoms. The molecule has 0 radical (unpaired) electrons. The lowest BCUT2D eigenvalue weighted by molar-refractivity contribution is -0.173. The highest BCUT2D eigenvalue weighted by Gasteiger charge is 2.63. The third kappa shape index (κ3) is 5.33. The number of fused-ring (bicyclic) bond motifs is 5. The molecule has 1 aliphatic heterocycles. The van der Waals surface area contributed by atoms with Crippen LogP contribution in [0, 0.1) is 46.3 Å². The zero-order valence-corrected chi connectivity index (χ0v) is 27.7. The van der Waals surface area contributed by atoms with E-state index in [1.807, 2.05) is 0 Å². The molecule has 1 unspecified atom stereocenters. The molecule has 4 aliphatic carbocycles. The maximum Gasteiger partial charge on any atom is 0.222 e. The van der Waals surface area contributed by atoms with Gasteiger partial charge in [-0.1, -0.05) is 41.5 Å². The molecule has 4 saturated carbocycles. The van der Waals surface area contributed by atoms with Gasteiger partial charge in [0.25, 0.3) is 0 Å². The number of carbonyl (C=O) groups excluding carboxylic acids is 1. The largest absolute Gasteiger partial charge is 0.414 e. The Morgan fingerprint density at radius 2 is 1.64 bits per heavy atom. The number of aliphatic hydroxyl groups is 1. The van der Waals surface area contributed by atoms with Crippen LogP contribution in [0.4, 0.5) is 0 Å². The molecule has 0 bridgehead atoms. The first-order valence-electron chi connectivity index (χ1n) is 16.8. The average Bonchev–Trinajstić information content (AvgIpc) is 3.50. The van der Waals surface area contributed by atoms with Crippen LogP contribution in [-0.4, -0.2) is 49.5 Å². The lowest BCUT2D eigenvalue weighted by Crippen LogP contribution is -2.59. The van der Waals surface area contributed by atoms with E-state index in [4.69, 9.17) is 4.43 Å². The van der Waals surface area contributed by atoms with E-state index in [1.165, 1.54) is 51.4 Å². The summed E-state index contributed by atoms with van der Waals surface area (Å²) in [4.78, 5) is 14.9. The first kappa shape index (κ1) is 30.1. The molecule has 224 valence electrons. The third-order valence-electron chi connectivity index (χ3n) is 13.9. The normalized spacial score (nSPS) is 43.5. The predicted octanol–water partition coefficient (Wildman–Crippen LogP) is 8.05. The number of likely N-dealkylation sites (tertiary alicyclic amines) is 1. The second-order valence-corrected chi connectivity index (χ2v) is 21.7. The quantitative estimate of drug-likeness (QED) is 0.335. The summed E-state index contributed by atoms with van der Waals surface area (Å²) in [5.74, 6) is 4.03. The molecule has 0 aromatic rings. The van der Waals surface area contributed by atoms with E-state index in [1.54, 1.807) is 0 Å². The van der Waals surface area contributed by atoms with Crippen LogP contribution in [0.2, 0.25) is 18.1 Å². The molecule has 5 rings (SSSR count). The highest BCUT2D eigenvalue weighted by molar-refractivity contribution is 6.74. The Morgan fingerprint density at radius 1 is 1.00 bits per heavy atom. The molecule has 39 heavy (non-hydrogen) atoms. The van der Waals surface area contributed by atoms with Crippen molar-refractivity contribution in [3.05, 3.63) is 0 Å². The first-order valence-corrected chi connectivity index (χ1v) is 19.7. The summed E-state index contributed by atoms with van der Waals surface area (Å²) in [6.07, 6.45) is 14.1. The summed E-state index contributed by atoms with van der Waals surface area (Å²) in [6, 6.07) is 0. The molecule has 1 amide bonds. The van der Waals surface area contributed by atoms with Gasteiger partial charge < -0.3 is 14.4 Å². The second-order valence-electron chi connectivity index (χ2n) is 16.9. The van der Waals surface area contributed by atoms with Crippen LogP contribution in [-0.2, 0) is 9.22 Å². The van der Waals surface area contributed by atoms with Crippen LogP contribution in [0.15, 0.2) is 0 Å². The molecule has 1 heterocycles. The molecule has 5 aliphatic rings. The van der Waals surface area contributed by atoms with E-state index >= 15 is 0 Å². The van der Waals surface area contributed by atoms with E-state index in [9.17, 15) is 9.90 Å². The number of hydrogen-bond acceptors (Lipinski definition) is 3. The molecule has 0 spiro atoms. The minimum Gasteiger partial charge on any atom is -0.414 e. The molecule has 0 aromatic carbocycles. The summed E-state index contributed by atoms with van der Waals surface area (Å²) < 4.78 is 6.94. The van der Waals surface area contributed by atoms with E-state index in [0.29, 0.717) is 58.3 Å². The summed E-state index contributed by atoms with van der Waals surface area (Å²) in [7, 11) is -1.78. The highest BCUT2D eigenvalue weighted by Crippen LogP contribution is 2.68. The fourth-order valence-electron chi connectivity index (χ4n) is 10.5. The topological polar surface area (TPSA) is 49.8 Å². The van der Waals surface area contributed by atoms with Crippen LogP contribution in [0.25, 0.3) is 0 Å². The van der Waals surface area contributed by atoms with Crippen molar-refractivity contribution in [1.82, 2.24) is 4.90 Å². The molecule has 10 atom stereocenters. The monoisotopic (exact) mass is 559 g/mol. The van der Waals surface area contributed by atoms with Crippen LogP contribution in [0.1, 0.15) is 119 Å². The second kappa shape index (κ2) is 10.7. The Morgan fingerprint density at radius 3 is 2.31 bits per heavy atom. The van der Waals surface area contributed by atoms with Crippen LogP contribution < -0.4 is 0 Å². The third-order valence-corrected chi connectivity index (χ3v) is 18.5. The number of carbonyl (C=O) groups is 1. The lowest BCUT2D eigenvalue weighted by Gasteiger charge is -2.63. The van der Waals surface area contributed by atoms with E-state index in [2.05, 4.69) is 59.5 Å². The van der Waals surface area contributed by atoms with Gasteiger partial charge in [0, 0.05) is 25.6 Å². The summed E-state index contributed by atoms with van der Waals surface area (Å²) in [6.45, 7) is 21.4. The number of amides is 1. The molecule has 0 aromatic heterocycles. The van der Waals surface area contributed by atoms with Crippen molar-refractivity contribution < 1.29 is 14.3 Å². The van der Waals surface area contributed by atoms with E-state index < -0.39 is 8.32 Å². The Bertz CT molecular complexity index is 893. The van der Waals surface area contributed by atoms with Crippen molar-refractivity contribution in [2.75, 3.05) is 13.1 Å². The average molecular weight is 560 g/mol. The summed E-state index contributed by atoms with van der Waals surface area (Å²) in [5, 5.41) is 12.1. The van der Waals surface area contributed by atoms with Gasteiger partial charge in [0.05, 0.1) is 6.10 Å². The Hall–Kier alpha value is -0.393. The van der Waals surface area contributed by atoms with Gasteiger partial charge >= 0.3 is 0 Å². The zero-order chi connectivity index (χ0) is 28.4. The van der Waals surface area contributed by atoms with Crippen molar-refractivity contribution in [2.45, 2.75) is 149 Å². The highest BCUT2D eigenvalue weighted by atomic mass is 28.4. The van der Waals surface area contributed by atoms with E-state index in [-0.39, 0.29) is 11.1 Å². The van der Waals surface area contributed by atoms with Crippen LogP contribution >= 0.6 is 0 Å². The molecular formula is C34H61NO3Si. The number of rotatable bonds is 6. The molecule has 1 saturated heterocycles. The van der Waals surface area contributed by atoms with Crippen LogP contribution in [0.5, 0.6) is 0 Å². The Balaban J connectivity index is 1.25. The SMILES string of the molecule is CC(CCC(=O)N1CCCC1)[C@H]1CC[C@H]2[C@@H]3[C@H](O)C[C@@H]4C[C@H](O[Si](C)(C)C(C)(C)C)CC[C@]4(C)[C@H]3CC[C@]12C. The fourth-order valence-corrected chi connectivity index (χ4v) is 11.9. The standard InChI is InChI=1S/C34H61NO3Si/c1-23(11-14-30(37)35-19-9-10-20-35)26-12-13-27-31-28(16-18-34(26,27)6)33(5)17-15-25(21-24(33)22-29(31)36)38-39(7,8)32(2,3)4/h23-29,31,36H,9-22H2,1-8H3/t23?,24-,25+,26+,27-,28-,29+,31-,33-,34+/m0/s1. The van der Waals surface area contributed by atoms with Crippen LogP contribution in [0.3, 0.4) is 0 Å². The number of aliphatic hydroxyl groups excluding tert-OH is 1. The molecular weight excluding hydrogens is 498 g/mol. The fraction of sp³-hybridized carbons (Fsp3) is 0.971. The Kier molecular flexibility index (Phi) is 8.26. The van der Waals surface area contributed by atoms with Gasteiger partial charge in [-0.2, -0.15) is 0 Å². The minimum atomic E-state index is -1.78. The molecule has 1 N–H and O–H groups in total. The van der Waals surface area contributed by atoms with Crippen molar-refractivity contribution in [1.29, 1.82) is 0 Å². The minimum absolute atomic E-state index is 0.157. The summed E-state index contributed by atoms with van der Waals surface area (Å²) in [5.41, 5.74) is 0.675. The molecule has 5 fully saturated rings. The number of hydrogen-bond donors (Lipinski definition) is 1. The van der Waals surface area contributed by atoms with Gasteiger partial charge in [-0.3, -0.25) is 4.79 Å². The maximum absolute atomic E-state index is 12.8. The van der Waals surface area contributed by atoms with Gasteiger partial charge in [0.15, 0.2) is 8.32 Å². The smallest absolute Gasteiger partial charge is 0.222 e. The lowest BCUT2D eigenvalue weighted by atomic mass is 9.43. The van der Waals surface area contributed by atoms with Gasteiger partial charge in [-0.15, -0.1) is 0 Å². The predicted molar refractivity (Wildman–Crippen MR) is 163 cm³/mol. The van der Waals surface area contributed by atoms with Crippen molar-refractivity contribution in [3.63, 3.8) is 0 Å². The summed E-state index contributed by atoms with van der Waals surface area (Å²) >= 11 is 0. The maximum atomic E-state index is 12.8. The van der Waals surface area contributed by atoms with E-state index in [0.717, 1.165) is 38.8 Å². The van der Waals surface area contributed by atoms with Crippen molar-refractivity contribution in [2.24, 2.45) is 46.3 Å². The first-order chi connectivity index (χ1) is 18.2. The Labute approximate surface area is 241 Å². The van der Waals surface area contributed by atoms with Gasteiger partial charge in [-0.05, 0) is 135 Å². The zero-order valence-electron chi connectivity index (χ0n) is 26.7. The van der Waals surface area contributed by atoms with Crippen molar-refractivity contribution >= 4 is 14.2 Å². The van der Waals surface area contributed by atoms with Gasteiger partial charge in [0.2, 0.25) is 5.91 Å². The number of nitrogens with zero attached hydrogens (tertiary/aromatic N) is 1. The molecule has 4 nitrogen and oxygen atoms in total.